The second-order valence-corrected chi connectivity index (χ2v) is 4.86. The first-order chi connectivity index (χ1) is 7.34. The molecular weight excluding hydrogens is 205 g/mol. The molecule has 16 heavy (non-hydrogen) atoms. The maximum absolute atomic E-state index is 12.1. The van der Waals surface area contributed by atoms with Gasteiger partial charge in [-0.2, -0.15) is 0 Å². The Morgan fingerprint density at radius 1 is 1.31 bits per heavy atom. The van der Waals surface area contributed by atoms with E-state index in [0.29, 0.717) is 5.56 Å². The van der Waals surface area contributed by atoms with E-state index >= 15 is 0 Å². The van der Waals surface area contributed by atoms with Gasteiger partial charge < -0.3 is 16.0 Å². The fraction of sp³-hybridized carbons (Fsp3) is 0.417. The first kappa shape index (κ1) is 12.7. The Balaban J connectivity index is 3.07. The number of hydrogen-bond acceptors (Lipinski definition) is 2. The lowest BCUT2D eigenvalue weighted by atomic mass is 10.0. The number of amides is 1. The monoisotopic (exact) mass is 223 g/mol. The van der Waals surface area contributed by atoms with Crippen LogP contribution < -0.4 is 10.8 Å². The minimum absolute atomic E-state index is 0.147. The number of carbonyl (C=O) groups is 1. The van der Waals surface area contributed by atoms with E-state index in [1.54, 1.807) is 45.0 Å². The minimum Gasteiger partial charge on any atom is -0.633 e. The highest BCUT2D eigenvalue weighted by molar-refractivity contribution is 5.80. The number of hydrogen-bond donors (Lipinski definition) is 2. The molecule has 0 heterocycles. The van der Waals surface area contributed by atoms with Gasteiger partial charge in [0.05, 0.1) is 5.54 Å². The van der Waals surface area contributed by atoms with E-state index in [4.69, 9.17) is 5.73 Å². The van der Waals surface area contributed by atoms with Crippen LogP contribution in [0.5, 0.6) is 0 Å². The van der Waals surface area contributed by atoms with Crippen molar-refractivity contribution in [2.24, 2.45) is 5.73 Å². The summed E-state index contributed by atoms with van der Waals surface area (Å²) >= 11 is 0. The van der Waals surface area contributed by atoms with E-state index in [-0.39, 0.29) is 5.06 Å². The lowest BCUT2D eigenvalue weighted by molar-refractivity contribution is -0.919. The van der Waals surface area contributed by atoms with Gasteiger partial charge in [0.15, 0.2) is 6.04 Å². The van der Waals surface area contributed by atoms with Crippen molar-refractivity contribution in [2.75, 3.05) is 0 Å². The highest BCUT2D eigenvalue weighted by atomic mass is 16.5. The molecule has 0 aliphatic heterocycles. The zero-order valence-corrected chi connectivity index (χ0v) is 9.86. The number of carbonyl (C=O) groups excluding carboxylic acids is 1. The van der Waals surface area contributed by atoms with Crippen LogP contribution in [-0.2, 0) is 4.79 Å². The molecule has 0 saturated carbocycles. The van der Waals surface area contributed by atoms with E-state index in [0.717, 1.165) is 0 Å². The molecule has 0 radical (unpaired) electrons. The average molecular weight is 223 g/mol. The number of nitrogens with two attached hydrogens (primary N) is 1. The van der Waals surface area contributed by atoms with Gasteiger partial charge in [0.2, 0.25) is 0 Å². The molecule has 0 bridgehead atoms. The largest absolute Gasteiger partial charge is 0.633 e. The van der Waals surface area contributed by atoms with Crippen LogP contribution in [0.3, 0.4) is 0 Å². The molecule has 0 fully saturated rings. The summed E-state index contributed by atoms with van der Waals surface area (Å²) in [6.07, 6.45) is 0. The number of quaternary nitrogens is 1. The van der Waals surface area contributed by atoms with E-state index in [1.165, 1.54) is 0 Å². The van der Waals surface area contributed by atoms with E-state index in [9.17, 15) is 10.0 Å². The Morgan fingerprint density at radius 3 is 2.19 bits per heavy atom. The van der Waals surface area contributed by atoms with Crippen molar-refractivity contribution >= 4 is 5.91 Å². The highest BCUT2D eigenvalue weighted by Gasteiger charge is 2.31. The summed E-state index contributed by atoms with van der Waals surface area (Å²) in [5.41, 5.74) is 5.39. The predicted octanol–water partition coefficient (Wildman–Crippen LogP) is 0.394. The molecule has 2 unspecified atom stereocenters. The lowest BCUT2D eigenvalue weighted by Gasteiger charge is -2.40. The number of nitrogens with one attached hydrogen (secondary N) is 1. The third kappa shape index (κ3) is 2.81. The first-order valence-corrected chi connectivity index (χ1v) is 5.22. The second kappa shape index (κ2) is 4.63. The zero-order valence-electron chi connectivity index (χ0n) is 9.86. The summed E-state index contributed by atoms with van der Waals surface area (Å²) in [4.78, 5) is 11.4. The van der Waals surface area contributed by atoms with Gasteiger partial charge >= 0.3 is 0 Å². The molecule has 0 aliphatic carbocycles. The molecule has 4 heteroatoms. The molecule has 0 spiro atoms. The Hall–Kier alpha value is -1.39. The van der Waals surface area contributed by atoms with Crippen LogP contribution in [-0.4, -0.2) is 11.4 Å². The highest BCUT2D eigenvalue weighted by Crippen LogP contribution is 2.11. The van der Waals surface area contributed by atoms with Gasteiger partial charge in [0.25, 0.3) is 5.91 Å². The molecule has 1 aromatic carbocycles. The number of rotatable bonds is 3. The topological polar surface area (TPSA) is 70.6 Å². The third-order valence-electron chi connectivity index (χ3n) is 2.42. The van der Waals surface area contributed by atoms with Gasteiger partial charge in [-0.15, -0.1) is 0 Å². The summed E-state index contributed by atoms with van der Waals surface area (Å²) in [5, 5.41) is 12.0. The van der Waals surface area contributed by atoms with Crippen molar-refractivity contribution < 1.29 is 9.86 Å². The molecule has 1 aromatic rings. The smallest absolute Gasteiger partial charge is 0.280 e. The maximum atomic E-state index is 12.1. The summed E-state index contributed by atoms with van der Waals surface area (Å²) in [7, 11) is 0. The van der Waals surface area contributed by atoms with Crippen LogP contribution in [0.2, 0.25) is 0 Å². The summed E-state index contributed by atoms with van der Waals surface area (Å²) in [5.74, 6) is -0.592. The summed E-state index contributed by atoms with van der Waals surface area (Å²) < 4.78 is 0. The van der Waals surface area contributed by atoms with Gasteiger partial charge in [0, 0.05) is 5.56 Å². The molecule has 88 valence electrons. The normalized spacial score (nSPS) is 15.5. The van der Waals surface area contributed by atoms with Crippen molar-refractivity contribution in [3.8, 4) is 0 Å². The fourth-order valence-electron chi connectivity index (χ4n) is 1.52. The SMILES string of the molecule is CC(C)(C)[NH+]([O-])C(c1ccccc1)[13C](N)=O. The third-order valence-corrected chi connectivity index (χ3v) is 2.42. The van der Waals surface area contributed by atoms with Crippen molar-refractivity contribution in [3.05, 3.63) is 41.1 Å². The summed E-state index contributed by atoms with van der Waals surface area (Å²) in [6, 6.07) is 8.07. The van der Waals surface area contributed by atoms with Crippen molar-refractivity contribution in [3.63, 3.8) is 0 Å². The van der Waals surface area contributed by atoms with Gasteiger partial charge in [0.1, 0.15) is 0 Å². The fourth-order valence-corrected chi connectivity index (χ4v) is 1.52. The van der Waals surface area contributed by atoms with E-state index in [1.807, 2.05) is 6.07 Å². The molecule has 3 N–H and O–H groups in total. The minimum atomic E-state index is -0.846. The molecule has 1 rings (SSSR count). The molecule has 0 saturated heterocycles. The predicted molar refractivity (Wildman–Crippen MR) is 62.5 cm³/mol. The molecule has 2 atom stereocenters. The van der Waals surface area contributed by atoms with Crippen LogP contribution in [0.4, 0.5) is 0 Å². The van der Waals surface area contributed by atoms with Crippen LogP contribution in [0, 0.1) is 5.21 Å². The number of benzene rings is 1. The standard InChI is InChI=1S/C12H18N2O2/c1-12(2,3)14(16)10(11(13)15)9-7-5-4-6-8-9/h4-8,10,14H,1-3H3,(H2,13,15)/i11+1. The van der Waals surface area contributed by atoms with Crippen LogP contribution >= 0.6 is 0 Å². The Labute approximate surface area is 95.6 Å². The van der Waals surface area contributed by atoms with Crippen LogP contribution in [0.15, 0.2) is 30.3 Å². The summed E-state index contributed by atoms with van der Waals surface area (Å²) in [6.45, 7) is 5.36. The van der Waals surface area contributed by atoms with Gasteiger partial charge in [-0.3, -0.25) is 4.79 Å². The van der Waals surface area contributed by atoms with Gasteiger partial charge in [-0.1, -0.05) is 30.3 Å². The van der Waals surface area contributed by atoms with Crippen molar-refractivity contribution in [2.45, 2.75) is 32.4 Å². The molecule has 0 aliphatic rings. The molecule has 1 amide bonds. The van der Waals surface area contributed by atoms with Crippen molar-refractivity contribution in [1.82, 2.24) is 0 Å². The average Bonchev–Trinajstić information content (AvgIpc) is 2.17. The zero-order chi connectivity index (χ0) is 12.3. The Morgan fingerprint density at radius 2 is 1.81 bits per heavy atom. The quantitative estimate of drug-likeness (QED) is 0.575. The Kier molecular flexibility index (Phi) is 3.67. The van der Waals surface area contributed by atoms with Crippen LogP contribution in [0.25, 0.3) is 0 Å². The van der Waals surface area contributed by atoms with E-state index < -0.39 is 17.5 Å². The molecule has 0 aromatic heterocycles. The van der Waals surface area contributed by atoms with Gasteiger partial charge in [-0.25, -0.2) is 0 Å². The van der Waals surface area contributed by atoms with Gasteiger partial charge in [-0.05, 0) is 20.8 Å². The van der Waals surface area contributed by atoms with Crippen LogP contribution in [0.1, 0.15) is 32.4 Å². The first-order valence-electron chi connectivity index (χ1n) is 5.22. The molecule has 4 nitrogen and oxygen atoms in total. The maximum Gasteiger partial charge on any atom is 0.280 e. The Bertz CT molecular complexity index is 357. The van der Waals surface area contributed by atoms with Crippen molar-refractivity contribution in [1.29, 1.82) is 0 Å². The number of primary amides is 1. The number of hydroxylamine groups is 2. The lowest BCUT2D eigenvalue weighted by Crippen LogP contribution is -3.16. The second-order valence-electron chi connectivity index (χ2n) is 4.86. The molecular formula is C12H18N2O2. The van der Waals surface area contributed by atoms with E-state index in [2.05, 4.69) is 0 Å².